The topological polar surface area (TPSA) is 92.9 Å². The van der Waals surface area contributed by atoms with Gasteiger partial charge in [0, 0.05) is 20.0 Å². The van der Waals surface area contributed by atoms with E-state index in [1.807, 2.05) is 0 Å². The van der Waals surface area contributed by atoms with Crippen molar-refractivity contribution in [2.45, 2.75) is 6.92 Å². The van der Waals surface area contributed by atoms with Crippen molar-refractivity contribution in [3.8, 4) is 0 Å². The van der Waals surface area contributed by atoms with Crippen molar-refractivity contribution >= 4 is 17.5 Å². The van der Waals surface area contributed by atoms with Crippen molar-refractivity contribution in [2.75, 3.05) is 24.1 Å². The summed E-state index contributed by atoms with van der Waals surface area (Å²) in [5.74, 6) is 0.983. The Bertz CT molecular complexity index is 297. The van der Waals surface area contributed by atoms with Crippen molar-refractivity contribution in [1.29, 1.82) is 0 Å². The third-order valence-corrected chi connectivity index (χ3v) is 1.49. The number of nitrogen functional groups attached to an aromatic ring is 1. The van der Waals surface area contributed by atoms with Crippen molar-refractivity contribution in [3.63, 3.8) is 0 Å². The molecule has 0 atom stereocenters. The summed E-state index contributed by atoms with van der Waals surface area (Å²) in [5.41, 5.74) is 5.36. The van der Waals surface area contributed by atoms with E-state index in [4.69, 9.17) is 5.73 Å². The first-order valence-electron chi connectivity index (χ1n) is 4.26. The molecule has 0 radical (unpaired) electrons. The van der Waals surface area contributed by atoms with Gasteiger partial charge in [-0.2, -0.15) is 0 Å². The van der Waals surface area contributed by atoms with E-state index in [-0.39, 0.29) is 5.91 Å². The van der Waals surface area contributed by atoms with Crippen molar-refractivity contribution < 1.29 is 4.79 Å². The molecular formula is C8H13N5O. The molecule has 0 aliphatic carbocycles. The summed E-state index contributed by atoms with van der Waals surface area (Å²) in [4.78, 5) is 10.5. The van der Waals surface area contributed by atoms with Gasteiger partial charge in [-0.15, -0.1) is 10.2 Å². The van der Waals surface area contributed by atoms with Crippen molar-refractivity contribution in [1.82, 2.24) is 15.5 Å². The number of anilines is 2. The largest absolute Gasteiger partial charge is 0.382 e. The molecule has 1 rings (SSSR count). The second-order valence-corrected chi connectivity index (χ2v) is 2.75. The van der Waals surface area contributed by atoms with Crippen LogP contribution < -0.4 is 16.4 Å². The molecule has 0 saturated heterocycles. The predicted molar refractivity (Wildman–Crippen MR) is 53.6 cm³/mol. The summed E-state index contributed by atoms with van der Waals surface area (Å²) < 4.78 is 0. The zero-order valence-corrected chi connectivity index (χ0v) is 7.95. The van der Waals surface area contributed by atoms with Crippen LogP contribution in [0.2, 0.25) is 0 Å². The summed E-state index contributed by atoms with van der Waals surface area (Å²) in [6.07, 6.45) is 0. The van der Waals surface area contributed by atoms with E-state index in [1.165, 1.54) is 6.92 Å². The molecule has 4 N–H and O–H groups in total. The van der Waals surface area contributed by atoms with Gasteiger partial charge in [0.2, 0.25) is 5.91 Å². The first kappa shape index (κ1) is 10.2. The number of nitrogens with zero attached hydrogens (tertiary/aromatic N) is 2. The van der Waals surface area contributed by atoms with E-state index < -0.39 is 0 Å². The summed E-state index contributed by atoms with van der Waals surface area (Å²) >= 11 is 0. The molecule has 1 aromatic rings. The van der Waals surface area contributed by atoms with Gasteiger partial charge in [-0.1, -0.05) is 0 Å². The highest BCUT2D eigenvalue weighted by molar-refractivity contribution is 5.72. The predicted octanol–water partition coefficient (Wildman–Crippen LogP) is -0.393. The molecule has 1 aromatic heterocycles. The van der Waals surface area contributed by atoms with Crippen molar-refractivity contribution in [3.05, 3.63) is 12.1 Å². The number of nitrogens with one attached hydrogen (secondary N) is 2. The molecule has 0 unspecified atom stereocenters. The molecule has 0 bridgehead atoms. The lowest BCUT2D eigenvalue weighted by Gasteiger charge is -2.04. The Morgan fingerprint density at radius 1 is 1.43 bits per heavy atom. The van der Waals surface area contributed by atoms with Crippen LogP contribution in [0.25, 0.3) is 0 Å². The molecule has 0 spiro atoms. The highest BCUT2D eigenvalue weighted by atomic mass is 16.1. The maximum Gasteiger partial charge on any atom is 0.216 e. The lowest BCUT2D eigenvalue weighted by atomic mass is 10.5. The fourth-order valence-corrected chi connectivity index (χ4v) is 0.866. The maximum absolute atomic E-state index is 10.5. The van der Waals surface area contributed by atoms with Gasteiger partial charge in [0.25, 0.3) is 0 Å². The molecule has 14 heavy (non-hydrogen) atoms. The molecule has 1 amide bonds. The lowest BCUT2D eigenvalue weighted by Crippen LogP contribution is -2.26. The smallest absolute Gasteiger partial charge is 0.216 e. The van der Waals surface area contributed by atoms with E-state index in [1.54, 1.807) is 12.1 Å². The Morgan fingerprint density at radius 2 is 2.21 bits per heavy atom. The lowest BCUT2D eigenvalue weighted by molar-refractivity contribution is -0.118. The van der Waals surface area contributed by atoms with E-state index in [2.05, 4.69) is 20.8 Å². The van der Waals surface area contributed by atoms with Crippen LogP contribution in [0, 0.1) is 0 Å². The van der Waals surface area contributed by atoms with Crippen LogP contribution in [0.15, 0.2) is 12.1 Å². The molecule has 76 valence electrons. The number of rotatable bonds is 4. The highest BCUT2D eigenvalue weighted by Crippen LogP contribution is 2.00. The van der Waals surface area contributed by atoms with Gasteiger partial charge >= 0.3 is 0 Å². The first-order chi connectivity index (χ1) is 6.68. The Labute approximate surface area is 81.9 Å². The van der Waals surface area contributed by atoms with E-state index >= 15 is 0 Å². The third-order valence-electron chi connectivity index (χ3n) is 1.49. The van der Waals surface area contributed by atoms with Gasteiger partial charge in [-0.05, 0) is 12.1 Å². The third kappa shape index (κ3) is 3.70. The minimum atomic E-state index is -0.0461. The molecule has 0 saturated carbocycles. The first-order valence-corrected chi connectivity index (χ1v) is 4.26. The minimum Gasteiger partial charge on any atom is -0.382 e. The average Bonchev–Trinajstić information content (AvgIpc) is 2.15. The Kier molecular flexibility index (Phi) is 3.66. The van der Waals surface area contributed by atoms with Gasteiger partial charge in [-0.25, -0.2) is 0 Å². The van der Waals surface area contributed by atoms with E-state index in [0.717, 1.165) is 0 Å². The van der Waals surface area contributed by atoms with Gasteiger partial charge in [0.1, 0.15) is 11.6 Å². The SMILES string of the molecule is CC(=O)NCCNc1ccc(N)nn1. The fraction of sp³-hybridized carbons (Fsp3) is 0.375. The fourth-order valence-electron chi connectivity index (χ4n) is 0.866. The monoisotopic (exact) mass is 195 g/mol. The molecule has 0 aliphatic rings. The van der Waals surface area contributed by atoms with Crippen LogP contribution in [-0.4, -0.2) is 29.2 Å². The van der Waals surface area contributed by atoms with Crippen molar-refractivity contribution in [2.24, 2.45) is 0 Å². The molecule has 6 heteroatoms. The molecule has 6 nitrogen and oxygen atoms in total. The Morgan fingerprint density at radius 3 is 2.79 bits per heavy atom. The minimum absolute atomic E-state index is 0.0461. The quantitative estimate of drug-likeness (QED) is 0.569. The molecule has 0 aromatic carbocycles. The number of carbonyl (C=O) groups excluding carboxylic acids is 1. The van der Waals surface area contributed by atoms with Crippen LogP contribution >= 0.6 is 0 Å². The van der Waals surface area contributed by atoms with Gasteiger partial charge in [0.15, 0.2) is 0 Å². The zero-order valence-electron chi connectivity index (χ0n) is 7.95. The number of amides is 1. The second kappa shape index (κ2) is 5.00. The summed E-state index contributed by atoms with van der Waals surface area (Å²) in [7, 11) is 0. The average molecular weight is 195 g/mol. The Hall–Kier alpha value is -1.85. The van der Waals surface area contributed by atoms with Crippen LogP contribution in [0.4, 0.5) is 11.6 Å². The molecule has 0 fully saturated rings. The number of hydrogen-bond acceptors (Lipinski definition) is 5. The van der Waals surface area contributed by atoms with Crippen LogP contribution in [0.1, 0.15) is 6.92 Å². The van der Waals surface area contributed by atoms with E-state index in [9.17, 15) is 4.79 Å². The molecule has 1 heterocycles. The number of hydrogen-bond donors (Lipinski definition) is 3. The van der Waals surface area contributed by atoms with Crippen LogP contribution in [0.3, 0.4) is 0 Å². The summed E-state index contributed by atoms with van der Waals surface area (Å²) in [6.45, 7) is 2.64. The van der Waals surface area contributed by atoms with E-state index in [0.29, 0.717) is 24.7 Å². The maximum atomic E-state index is 10.5. The summed E-state index contributed by atoms with van der Waals surface area (Å²) in [5, 5.41) is 13.1. The molecular weight excluding hydrogens is 182 g/mol. The standard InChI is InChI=1S/C8H13N5O/c1-6(14)10-4-5-11-8-3-2-7(9)12-13-8/h2-3H,4-5H2,1H3,(H2,9,12)(H,10,14)(H,11,13). The number of nitrogens with two attached hydrogens (primary N) is 1. The Balaban J connectivity index is 2.25. The van der Waals surface area contributed by atoms with Crippen LogP contribution in [-0.2, 0) is 4.79 Å². The van der Waals surface area contributed by atoms with Gasteiger partial charge < -0.3 is 16.4 Å². The van der Waals surface area contributed by atoms with Gasteiger partial charge in [0.05, 0.1) is 0 Å². The normalized spacial score (nSPS) is 9.50. The zero-order chi connectivity index (χ0) is 10.4. The number of carbonyl (C=O) groups is 1. The molecule has 0 aliphatic heterocycles. The van der Waals surface area contributed by atoms with Crippen LogP contribution in [0.5, 0.6) is 0 Å². The number of aromatic nitrogens is 2. The highest BCUT2D eigenvalue weighted by Gasteiger charge is 1.94. The van der Waals surface area contributed by atoms with Gasteiger partial charge in [-0.3, -0.25) is 4.79 Å². The summed E-state index contributed by atoms with van der Waals surface area (Å²) in [6, 6.07) is 3.39. The second-order valence-electron chi connectivity index (χ2n) is 2.75.